The molecule has 2 N–H and O–H groups in total. The first kappa shape index (κ1) is 18.5. The summed E-state index contributed by atoms with van der Waals surface area (Å²) in [7, 11) is 2.00. The van der Waals surface area contributed by atoms with Crippen LogP contribution in [0, 0.1) is 13.8 Å². The molecule has 0 aliphatic carbocycles. The van der Waals surface area contributed by atoms with Gasteiger partial charge in [0.2, 0.25) is 0 Å². The van der Waals surface area contributed by atoms with Gasteiger partial charge in [-0.3, -0.25) is 9.67 Å². The lowest BCUT2D eigenvalue weighted by molar-refractivity contribution is 0.728. The molecule has 0 bridgehead atoms. The molecule has 2 heterocycles. The zero-order valence-corrected chi connectivity index (χ0v) is 16.2. The van der Waals surface area contributed by atoms with Gasteiger partial charge in [-0.05, 0) is 44.2 Å². The quantitative estimate of drug-likeness (QED) is 0.598. The Morgan fingerprint density at radius 1 is 1.38 bits per heavy atom. The van der Waals surface area contributed by atoms with Gasteiger partial charge in [0.25, 0.3) is 0 Å². The van der Waals surface area contributed by atoms with Crippen LogP contribution >= 0.6 is 11.3 Å². The highest BCUT2D eigenvalue weighted by atomic mass is 32.1. The molecule has 0 aliphatic rings. The Morgan fingerprint density at radius 3 is 2.75 bits per heavy atom. The largest absolute Gasteiger partial charge is 0.357 e. The smallest absolute Gasteiger partial charge is 0.191 e. The predicted octanol–water partition coefficient (Wildman–Crippen LogP) is 3.00. The molecule has 132 valence electrons. The molecule has 0 saturated carbocycles. The Balaban J connectivity index is 1.89. The molecule has 2 aromatic rings. The zero-order valence-electron chi connectivity index (χ0n) is 15.4. The molecular weight excluding hydrogens is 318 g/mol. The molecule has 0 fully saturated rings. The second kappa shape index (κ2) is 8.87. The lowest BCUT2D eigenvalue weighted by Crippen LogP contribution is -2.38. The molecule has 2 aromatic heterocycles. The van der Waals surface area contributed by atoms with E-state index in [4.69, 9.17) is 4.99 Å². The lowest BCUT2D eigenvalue weighted by Gasteiger charge is -2.13. The maximum atomic E-state index is 4.73. The van der Waals surface area contributed by atoms with Crippen molar-refractivity contribution in [2.24, 2.45) is 12.0 Å². The minimum atomic E-state index is 0.447. The highest BCUT2D eigenvalue weighted by Gasteiger charge is 2.10. The molecule has 0 radical (unpaired) electrons. The average molecular weight is 348 g/mol. The fourth-order valence-corrected chi connectivity index (χ4v) is 3.50. The van der Waals surface area contributed by atoms with Gasteiger partial charge in [-0.1, -0.05) is 13.0 Å². The standard InChI is InChI=1S/C18H29N5S/c1-6-19-18(21-12-13(2)17-8-7-11-24-17)20-10-9-16-14(3)22-23(5)15(16)4/h7-8,11,13H,6,9-10,12H2,1-5H3,(H2,19,20,21). The highest BCUT2D eigenvalue weighted by Crippen LogP contribution is 2.20. The van der Waals surface area contributed by atoms with Gasteiger partial charge < -0.3 is 10.6 Å². The van der Waals surface area contributed by atoms with Crippen LogP contribution < -0.4 is 10.6 Å². The minimum absolute atomic E-state index is 0.447. The van der Waals surface area contributed by atoms with Crippen LogP contribution in [0.2, 0.25) is 0 Å². The summed E-state index contributed by atoms with van der Waals surface area (Å²) < 4.78 is 1.95. The molecule has 1 atom stereocenters. The zero-order chi connectivity index (χ0) is 17.5. The van der Waals surface area contributed by atoms with Gasteiger partial charge in [0.05, 0.1) is 12.2 Å². The number of guanidine groups is 1. The summed E-state index contributed by atoms with van der Waals surface area (Å²) in [6.45, 7) is 11.0. The van der Waals surface area contributed by atoms with Gasteiger partial charge in [0, 0.05) is 36.6 Å². The molecule has 2 rings (SSSR count). The summed E-state index contributed by atoms with van der Waals surface area (Å²) in [5.41, 5.74) is 3.68. The van der Waals surface area contributed by atoms with Gasteiger partial charge >= 0.3 is 0 Å². The third kappa shape index (κ3) is 4.84. The van der Waals surface area contributed by atoms with Gasteiger partial charge in [-0.25, -0.2) is 0 Å². The number of rotatable bonds is 7. The maximum Gasteiger partial charge on any atom is 0.191 e. The summed E-state index contributed by atoms with van der Waals surface area (Å²) in [5, 5.41) is 13.4. The summed E-state index contributed by atoms with van der Waals surface area (Å²) >= 11 is 1.80. The van der Waals surface area contributed by atoms with Crippen LogP contribution in [0.25, 0.3) is 0 Å². The van der Waals surface area contributed by atoms with Gasteiger partial charge in [-0.15, -0.1) is 11.3 Å². The van der Waals surface area contributed by atoms with Crippen LogP contribution in [-0.4, -0.2) is 35.4 Å². The molecular formula is C18H29N5S. The van der Waals surface area contributed by atoms with E-state index in [9.17, 15) is 0 Å². The lowest BCUT2D eigenvalue weighted by atomic mass is 10.1. The van der Waals surface area contributed by atoms with Gasteiger partial charge in [0.1, 0.15) is 0 Å². The van der Waals surface area contributed by atoms with Crippen LogP contribution in [0.15, 0.2) is 22.5 Å². The summed E-state index contributed by atoms with van der Waals surface area (Å²) in [6.07, 6.45) is 0.955. The predicted molar refractivity (Wildman–Crippen MR) is 103 cm³/mol. The van der Waals surface area contributed by atoms with Gasteiger partial charge in [-0.2, -0.15) is 5.10 Å². The van der Waals surface area contributed by atoms with Gasteiger partial charge in [0.15, 0.2) is 5.96 Å². The topological polar surface area (TPSA) is 54.2 Å². The van der Waals surface area contributed by atoms with Crippen LogP contribution in [0.5, 0.6) is 0 Å². The molecule has 6 heteroatoms. The van der Waals surface area contributed by atoms with Crippen LogP contribution in [0.1, 0.15) is 41.6 Å². The summed E-state index contributed by atoms with van der Waals surface area (Å²) in [5.74, 6) is 1.34. The molecule has 0 saturated heterocycles. The Bertz CT molecular complexity index is 657. The molecule has 0 aliphatic heterocycles. The Morgan fingerprint density at radius 2 is 2.17 bits per heavy atom. The third-order valence-corrected chi connectivity index (χ3v) is 5.33. The van der Waals surface area contributed by atoms with Crippen molar-refractivity contribution in [1.82, 2.24) is 20.4 Å². The van der Waals surface area contributed by atoms with E-state index in [0.29, 0.717) is 5.92 Å². The number of aromatic nitrogens is 2. The van der Waals surface area contributed by atoms with E-state index in [0.717, 1.165) is 37.7 Å². The fraction of sp³-hybridized carbons (Fsp3) is 0.556. The van der Waals surface area contributed by atoms with Crippen molar-refractivity contribution < 1.29 is 0 Å². The van der Waals surface area contributed by atoms with E-state index in [-0.39, 0.29) is 0 Å². The molecule has 24 heavy (non-hydrogen) atoms. The van der Waals surface area contributed by atoms with Crippen molar-refractivity contribution >= 4 is 17.3 Å². The van der Waals surface area contributed by atoms with Crippen molar-refractivity contribution in [3.63, 3.8) is 0 Å². The van der Waals surface area contributed by atoms with E-state index in [1.807, 2.05) is 11.7 Å². The van der Waals surface area contributed by atoms with E-state index in [1.54, 1.807) is 11.3 Å². The number of aryl methyl sites for hydroxylation is 2. The molecule has 0 spiro atoms. The first-order chi connectivity index (χ1) is 11.5. The third-order valence-electron chi connectivity index (χ3n) is 4.22. The first-order valence-electron chi connectivity index (χ1n) is 8.57. The number of thiophene rings is 1. The maximum absolute atomic E-state index is 4.73. The number of aliphatic imine (C=N–C) groups is 1. The Labute approximate surface area is 149 Å². The van der Waals surface area contributed by atoms with Crippen LogP contribution in [0.3, 0.4) is 0 Å². The fourth-order valence-electron chi connectivity index (χ4n) is 2.72. The molecule has 1 unspecified atom stereocenters. The second-order valence-electron chi connectivity index (χ2n) is 6.09. The Hall–Kier alpha value is -1.82. The average Bonchev–Trinajstić information content (AvgIpc) is 3.16. The van der Waals surface area contributed by atoms with Crippen molar-refractivity contribution in [1.29, 1.82) is 0 Å². The molecule has 0 aromatic carbocycles. The van der Waals surface area contributed by atoms with Crippen LogP contribution in [-0.2, 0) is 13.5 Å². The number of hydrogen-bond acceptors (Lipinski definition) is 3. The summed E-state index contributed by atoms with van der Waals surface area (Å²) in [6, 6.07) is 4.28. The van der Waals surface area contributed by atoms with Crippen molar-refractivity contribution in [3.8, 4) is 0 Å². The van der Waals surface area contributed by atoms with E-state index < -0.39 is 0 Å². The van der Waals surface area contributed by atoms with Crippen LogP contribution in [0.4, 0.5) is 0 Å². The van der Waals surface area contributed by atoms with Crippen molar-refractivity contribution in [3.05, 3.63) is 39.3 Å². The van der Waals surface area contributed by atoms with E-state index in [1.165, 1.54) is 16.1 Å². The first-order valence-corrected chi connectivity index (χ1v) is 9.45. The number of nitrogens with one attached hydrogen (secondary N) is 2. The normalized spacial score (nSPS) is 13.1. The number of hydrogen-bond donors (Lipinski definition) is 2. The molecule has 0 amide bonds. The SMILES string of the molecule is CCNC(=NCC(C)c1cccs1)NCCc1c(C)nn(C)c1C. The highest BCUT2D eigenvalue weighted by molar-refractivity contribution is 7.10. The molecule has 5 nitrogen and oxygen atoms in total. The number of nitrogens with zero attached hydrogens (tertiary/aromatic N) is 3. The summed E-state index contributed by atoms with van der Waals surface area (Å²) in [4.78, 5) is 6.12. The second-order valence-corrected chi connectivity index (χ2v) is 7.07. The van der Waals surface area contributed by atoms with Crippen molar-refractivity contribution in [2.45, 2.75) is 40.0 Å². The Kier molecular flexibility index (Phi) is 6.85. The van der Waals surface area contributed by atoms with E-state index in [2.05, 4.69) is 60.9 Å². The monoisotopic (exact) mass is 347 g/mol. The minimum Gasteiger partial charge on any atom is -0.357 e. The van der Waals surface area contributed by atoms with E-state index >= 15 is 0 Å². The van der Waals surface area contributed by atoms with Crippen molar-refractivity contribution in [2.75, 3.05) is 19.6 Å².